The second-order valence-electron chi connectivity index (χ2n) is 4.95. The van der Waals surface area contributed by atoms with Crippen molar-refractivity contribution in [1.29, 1.82) is 0 Å². The molecule has 1 N–H and O–H groups in total. The molecular weight excluding hydrogens is 271 g/mol. The average molecular weight is 285 g/mol. The number of nitrogens with one attached hydrogen (secondary N) is 1. The summed E-state index contributed by atoms with van der Waals surface area (Å²) >= 11 is 11.0. The molecule has 96 valence electrons. The first-order valence-electron chi connectivity index (χ1n) is 6.22. The molecule has 18 heavy (non-hydrogen) atoms. The summed E-state index contributed by atoms with van der Waals surface area (Å²) in [6, 6.07) is 3.06. The zero-order valence-corrected chi connectivity index (χ0v) is 11.5. The van der Waals surface area contributed by atoms with Crippen LogP contribution in [0.5, 0.6) is 0 Å². The minimum atomic E-state index is -0.394. The molecular formula is C13H14ClFN2S. The summed E-state index contributed by atoms with van der Waals surface area (Å²) in [4.78, 5) is 3.08. The Bertz CT molecular complexity index is 642. The number of benzene rings is 1. The van der Waals surface area contributed by atoms with Crippen molar-refractivity contribution in [3.05, 3.63) is 27.7 Å². The lowest BCUT2D eigenvalue weighted by atomic mass is 10.2. The Labute approximate surface area is 115 Å². The van der Waals surface area contributed by atoms with Crippen molar-refractivity contribution in [1.82, 2.24) is 9.55 Å². The number of H-pyrrole nitrogens is 1. The van der Waals surface area contributed by atoms with Gasteiger partial charge in [0.15, 0.2) is 4.77 Å². The smallest absolute Gasteiger partial charge is 0.178 e. The third kappa shape index (κ3) is 2.31. The number of aromatic nitrogens is 2. The van der Waals surface area contributed by atoms with Crippen molar-refractivity contribution in [2.75, 3.05) is 0 Å². The average Bonchev–Trinajstić information content (AvgIpc) is 3.09. The standard InChI is InChI=1S/C13H14ClFN2S/c14-9-6-11-12(7-10(9)15)17(13(18)16-11)5-1-2-8-3-4-8/h6-8H,1-5H2,(H,16,18). The van der Waals surface area contributed by atoms with E-state index in [0.29, 0.717) is 4.77 Å². The van der Waals surface area contributed by atoms with Crippen LogP contribution in [0.2, 0.25) is 5.02 Å². The highest BCUT2D eigenvalue weighted by Crippen LogP contribution is 2.33. The van der Waals surface area contributed by atoms with Crippen LogP contribution in [0.25, 0.3) is 11.0 Å². The molecule has 0 unspecified atom stereocenters. The van der Waals surface area contributed by atoms with Gasteiger partial charge in [-0.15, -0.1) is 0 Å². The van der Waals surface area contributed by atoms with Crippen molar-refractivity contribution >= 4 is 34.9 Å². The summed E-state index contributed by atoms with van der Waals surface area (Å²) in [5.74, 6) is 0.518. The number of hydrogen-bond acceptors (Lipinski definition) is 1. The van der Waals surface area contributed by atoms with Gasteiger partial charge in [-0.1, -0.05) is 24.4 Å². The number of nitrogens with zero attached hydrogens (tertiary/aromatic N) is 1. The fraction of sp³-hybridized carbons (Fsp3) is 0.462. The molecule has 1 aliphatic carbocycles. The minimum Gasteiger partial charge on any atom is -0.331 e. The number of fused-ring (bicyclic) bond motifs is 1. The van der Waals surface area contributed by atoms with Crippen molar-refractivity contribution < 1.29 is 4.39 Å². The third-order valence-corrected chi connectivity index (χ3v) is 4.12. The normalized spacial score (nSPS) is 15.4. The van der Waals surface area contributed by atoms with Crippen LogP contribution in [0.1, 0.15) is 25.7 Å². The monoisotopic (exact) mass is 284 g/mol. The number of hydrogen-bond donors (Lipinski definition) is 1. The van der Waals surface area contributed by atoms with E-state index < -0.39 is 5.82 Å². The fourth-order valence-electron chi connectivity index (χ4n) is 2.32. The largest absolute Gasteiger partial charge is 0.331 e. The van der Waals surface area contributed by atoms with E-state index >= 15 is 0 Å². The summed E-state index contributed by atoms with van der Waals surface area (Å²) in [5.41, 5.74) is 1.61. The minimum absolute atomic E-state index is 0.129. The van der Waals surface area contributed by atoms with Crippen LogP contribution in [0, 0.1) is 16.5 Å². The second kappa shape index (κ2) is 4.67. The molecule has 0 amide bonds. The summed E-state index contributed by atoms with van der Waals surface area (Å²) in [7, 11) is 0. The molecule has 1 aromatic carbocycles. The van der Waals surface area contributed by atoms with E-state index in [-0.39, 0.29) is 5.02 Å². The predicted molar refractivity (Wildman–Crippen MR) is 74.0 cm³/mol. The van der Waals surface area contributed by atoms with Gasteiger partial charge < -0.3 is 9.55 Å². The lowest BCUT2D eigenvalue weighted by Gasteiger charge is -2.04. The molecule has 0 radical (unpaired) electrons. The van der Waals surface area contributed by atoms with Gasteiger partial charge in [0.1, 0.15) is 5.82 Å². The first-order valence-corrected chi connectivity index (χ1v) is 7.01. The maximum absolute atomic E-state index is 13.5. The topological polar surface area (TPSA) is 20.7 Å². The highest BCUT2D eigenvalue weighted by atomic mass is 35.5. The zero-order chi connectivity index (χ0) is 12.7. The predicted octanol–water partition coefficient (Wildman–Crippen LogP) is 4.68. The van der Waals surface area contributed by atoms with Crippen molar-refractivity contribution in [3.8, 4) is 0 Å². The van der Waals surface area contributed by atoms with Gasteiger partial charge in [-0.05, 0) is 37.0 Å². The molecule has 0 saturated heterocycles. The van der Waals surface area contributed by atoms with Gasteiger partial charge in [0.25, 0.3) is 0 Å². The molecule has 1 fully saturated rings. The van der Waals surface area contributed by atoms with Gasteiger partial charge in [0.05, 0.1) is 16.1 Å². The van der Waals surface area contributed by atoms with E-state index in [9.17, 15) is 4.39 Å². The van der Waals surface area contributed by atoms with Crippen LogP contribution in [0.15, 0.2) is 12.1 Å². The van der Waals surface area contributed by atoms with Gasteiger partial charge in [-0.3, -0.25) is 0 Å². The summed E-state index contributed by atoms with van der Waals surface area (Å²) in [6.45, 7) is 0.844. The number of aromatic amines is 1. The van der Waals surface area contributed by atoms with Crippen molar-refractivity contribution in [3.63, 3.8) is 0 Å². The Morgan fingerprint density at radius 1 is 1.44 bits per heavy atom. The molecule has 0 atom stereocenters. The number of aryl methyl sites for hydroxylation is 1. The summed E-state index contributed by atoms with van der Waals surface area (Å²) < 4.78 is 16.1. The van der Waals surface area contributed by atoms with Gasteiger partial charge in [0, 0.05) is 12.6 Å². The molecule has 2 nitrogen and oxygen atoms in total. The van der Waals surface area contributed by atoms with Crippen LogP contribution >= 0.6 is 23.8 Å². The van der Waals surface area contributed by atoms with Gasteiger partial charge in [0.2, 0.25) is 0 Å². The molecule has 0 bridgehead atoms. The van der Waals surface area contributed by atoms with E-state index in [4.69, 9.17) is 23.8 Å². The molecule has 3 rings (SSSR count). The lowest BCUT2D eigenvalue weighted by Crippen LogP contribution is -1.98. The van der Waals surface area contributed by atoms with Crippen molar-refractivity contribution in [2.24, 2.45) is 5.92 Å². The van der Waals surface area contributed by atoms with E-state index in [1.54, 1.807) is 6.07 Å². The molecule has 0 spiro atoms. The van der Waals surface area contributed by atoms with Crippen LogP contribution in [-0.2, 0) is 6.54 Å². The number of rotatable bonds is 4. The van der Waals surface area contributed by atoms with Crippen LogP contribution in [0.3, 0.4) is 0 Å². The first-order chi connectivity index (χ1) is 8.65. The molecule has 5 heteroatoms. The van der Waals surface area contributed by atoms with E-state index in [0.717, 1.165) is 29.9 Å². The van der Waals surface area contributed by atoms with Crippen molar-refractivity contribution in [2.45, 2.75) is 32.2 Å². The first kappa shape index (κ1) is 12.2. The fourth-order valence-corrected chi connectivity index (χ4v) is 2.78. The SMILES string of the molecule is Fc1cc2c(cc1Cl)[nH]c(=S)n2CCCC1CC1. The summed E-state index contributed by atoms with van der Waals surface area (Å²) in [6.07, 6.45) is 5.06. The number of halogens is 2. The highest BCUT2D eigenvalue weighted by Gasteiger charge is 2.20. The van der Waals surface area contributed by atoms with Gasteiger partial charge in [-0.2, -0.15) is 0 Å². The molecule has 0 aliphatic heterocycles. The lowest BCUT2D eigenvalue weighted by molar-refractivity contribution is 0.580. The van der Waals surface area contributed by atoms with E-state index in [1.165, 1.54) is 25.3 Å². The third-order valence-electron chi connectivity index (χ3n) is 3.51. The van der Waals surface area contributed by atoms with Crippen LogP contribution in [-0.4, -0.2) is 9.55 Å². The Morgan fingerprint density at radius 2 is 2.22 bits per heavy atom. The molecule has 1 aromatic heterocycles. The van der Waals surface area contributed by atoms with E-state index in [2.05, 4.69) is 4.98 Å². The maximum Gasteiger partial charge on any atom is 0.178 e. The summed E-state index contributed by atoms with van der Waals surface area (Å²) in [5, 5.41) is 0.129. The quantitative estimate of drug-likeness (QED) is 0.808. The highest BCUT2D eigenvalue weighted by molar-refractivity contribution is 7.71. The maximum atomic E-state index is 13.5. The molecule has 2 aromatic rings. The van der Waals surface area contributed by atoms with E-state index in [1.807, 2.05) is 4.57 Å². The van der Waals surface area contributed by atoms with Gasteiger partial charge in [-0.25, -0.2) is 4.39 Å². The number of imidazole rings is 1. The van der Waals surface area contributed by atoms with Crippen LogP contribution < -0.4 is 0 Å². The second-order valence-corrected chi connectivity index (χ2v) is 5.74. The Kier molecular flexibility index (Phi) is 3.16. The molecule has 1 heterocycles. The Morgan fingerprint density at radius 3 is 2.94 bits per heavy atom. The van der Waals surface area contributed by atoms with Crippen LogP contribution in [0.4, 0.5) is 4.39 Å². The van der Waals surface area contributed by atoms with Gasteiger partial charge >= 0.3 is 0 Å². The molecule has 1 aliphatic rings. The zero-order valence-electron chi connectivity index (χ0n) is 9.88. The Balaban J connectivity index is 1.91. The molecule has 1 saturated carbocycles. The Hall–Kier alpha value is -0.870.